The van der Waals surface area contributed by atoms with E-state index in [2.05, 4.69) is 25.0 Å². The first kappa shape index (κ1) is 33.9. The molecule has 6 aromatic rings. The summed E-state index contributed by atoms with van der Waals surface area (Å²) in [6.45, 7) is -0.389. The Kier molecular flexibility index (Phi) is 9.84. The Hall–Kier alpha value is -6.60. The van der Waals surface area contributed by atoms with E-state index >= 15 is 0 Å². The van der Waals surface area contributed by atoms with E-state index in [1.54, 1.807) is 114 Å². The number of nitrogens with zero attached hydrogens (tertiary/aromatic N) is 7. The van der Waals surface area contributed by atoms with Gasteiger partial charge in [0.25, 0.3) is 0 Å². The highest BCUT2D eigenvalue weighted by Gasteiger charge is 2.52. The Morgan fingerprint density at radius 1 is 0.788 bits per heavy atom. The molecule has 3 aromatic heterocycles. The summed E-state index contributed by atoms with van der Waals surface area (Å²) in [5, 5.41) is 4.47. The van der Waals surface area contributed by atoms with Crippen LogP contribution < -0.4 is 0 Å². The molecule has 0 spiro atoms. The van der Waals surface area contributed by atoms with Crippen molar-refractivity contribution in [2.45, 2.75) is 24.5 Å². The zero-order chi connectivity index (χ0) is 36.0. The number of carbonyl (C=O) groups excluding carboxylic acids is 3. The third-order valence-corrected chi connectivity index (χ3v) is 8.41. The average molecular weight is 716 g/mol. The van der Waals surface area contributed by atoms with Gasteiger partial charge in [0.05, 0.1) is 32.8 Å². The zero-order valence-electron chi connectivity index (χ0n) is 26.9. The van der Waals surface area contributed by atoms with Gasteiger partial charge in [0.15, 0.2) is 18.4 Å². The largest absolute Gasteiger partial charge is 0.459 e. The van der Waals surface area contributed by atoms with Crippen molar-refractivity contribution in [3.8, 4) is 11.3 Å². The van der Waals surface area contributed by atoms with Gasteiger partial charge in [-0.25, -0.2) is 24.4 Å². The lowest BCUT2D eigenvalue weighted by Crippen LogP contribution is -2.41. The SMILES string of the molecule is [N-]=[N+]=Nc1ncnc2c1c(-c1ccc(Cl)cn1)cn2[C@@H]1O[C@H](COC(=O)c2ccccc2)[C@@H](OC(=O)c2ccccc2)[C@H]1OC(=O)c1ccccc1. The second-order valence-corrected chi connectivity index (χ2v) is 11.8. The second-order valence-electron chi connectivity index (χ2n) is 11.4. The standard InChI is InChI=1S/C37H26ClN7O7/c38-25-16-17-27(40-18-25)26-19-45(33-29(26)32(43-44-39)41-21-42-33)34-31(52-37(48)24-14-8-3-9-15-24)30(51-36(47)23-12-6-2-7-13-23)28(50-34)20-49-35(46)22-10-4-1-5-11-22/h1-19,21,28,30-31,34H,20H2/t28-,30-,31-,34-/m1/s1. The molecule has 4 atom stereocenters. The molecule has 0 unspecified atom stereocenters. The smallest absolute Gasteiger partial charge is 0.338 e. The van der Waals surface area contributed by atoms with Crippen LogP contribution in [0.15, 0.2) is 127 Å². The fourth-order valence-electron chi connectivity index (χ4n) is 5.79. The van der Waals surface area contributed by atoms with Crippen molar-refractivity contribution in [1.29, 1.82) is 0 Å². The zero-order valence-corrected chi connectivity index (χ0v) is 27.7. The van der Waals surface area contributed by atoms with Crippen molar-refractivity contribution in [2.75, 3.05) is 6.61 Å². The molecule has 1 fully saturated rings. The molecule has 15 heteroatoms. The number of hydrogen-bond donors (Lipinski definition) is 0. The number of esters is 3. The number of ether oxygens (including phenoxy) is 4. The van der Waals surface area contributed by atoms with Crippen LogP contribution in [-0.4, -0.2) is 62.3 Å². The van der Waals surface area contributed by atoms with Crippen LogP contribution in [0.25, 0.3) is 32.7 Å². The minimum Gasteiger partial charge on any atom is -0.459 e. The van der Waals surface area contributed by atoms with Gasteiger partial charge in [-0.2, -0.15) is 0 Å². The molecule has 52 heavy (non-hydrogen) atoms. The summed E-state index contributed by atoms with van der Waals surface area (Å²) in [7, 11) is 0. The molecule has 4 heterocycles. The van der Waals surface area contributed by atoms with E-state index in [9.17, 15) is 19.9 Å². The van der Waals surface area contributed by atoms with Gasteiger partial charge < -0.3 is 23.5 Å². The Morgan fingerprint density at radius 2 is 1.38 bits per heavy atom. The van der Waals surface area contributed by atoms with Crippen LogP contribution in [-0.2, 0) is 18.9 Å². The fraction of sp³-hybridized carbons (Fsp3) is 0.135. The van der Waals surface area contributed by atoms with Gasteiger partial charge in [0, 0.05) is 22.9 Å². The molecule has 0 radical (unpaired) electrons. The topological polar surface area (TPSA) is 180 Å². The van der Waals surface area contributed by atoms with Crippen LogP contribution in [0.4, 0.5) is 5.82 Å². The second kappa shape index (κ2) is 15.1. The Labute approximate surface area is 300 Å². The first-order valence-corrected chi connectivity index (χ1v) is 16.2. The number of halogens is 1. The van der Waals surface area contributed by atoms with Crippen molar-refractivity contribution in [3.05, 3.63) is 154 Å². The molecule has 1 saturated heterocycles. The van der Waals surface area contributed by atoms with Crippen LogP contribution in [0, 0.1) is 0 Å². The molecule has 0 bridgehead atoms. The highest BCUT2D eigenvalue weighted by atomic mass is 35.5. The molecular formula is C37H26ClN7O7. The summed E-state index contributed by atoms with van der Waals surface area (Å²) < 4.78 is 25.9. The molecule has 3 aromatic carbocycles. The van der Waals surface area contributed by atoms with Crippen molar-refractivity contribution in [3.63, 3.8) is 0 Å². The van der Waals surface area contributed by atoms with Gasteiger partial charge in [0.1, 0.15) is 30.5 Å². The summed E-state index contributed by atoms with van der Waals surface area (Å²) >= 11 is 6.13. The van der Waals surface area contributed by atoms with Gasteiger partial charge in [-0.1, -0.05) is 66.2 Å². The summed E-state index contributed by atoms with van der Waals surface area (Å²) in [5.41, 5.74) is 11.2. The molecule has 0 N–H and O–H groups in total. The molecule has 0 amide bonds. The maximum atomic E-state index is 13.7. The van der Waals surface area contributed by atoms with Gasteiger partial charge in [-0.3, -0.25) is 4.98 Å². The number of aromatic nitrogens is 4. The maximum absolute atomic E-state index is 13.7. The third-order valence-electron chi connectivity index (χ3n) is 8.19. The number of benzene rings is 3. The number of carbonyl (C=O) groups is 3. The number of azide groups is 1. The van der Waals surface area contributed by atoms with E-state index in [1.807, 2.05) is 0 Å². The quantitative estimate of drug-likeness (QED) is 0.0459. The predicted molar refractivity (Wildman–Crippen MR) is 187 cm³/mol. The predicted octanol–water partition coefficient (Wildman–Crippen LogP) is 7.29. The monoisotopic (exact) mass is 715 g/mol. The molecule has 14 nitrogen and oxygen atoms in total. The molecule has 1 aliphatic heterocycles. The molecule has 1 aliphatic rings. The van der Waals surface area contributed by atoms with Crippen molar-refractivity contribution in [1.82, 2.24) is 19.5 Å². The van der Waals surface area contributed by atoms with E-state index in [-0.39, 0.29) is 29.2 Å². The van der Waals surface area contributed by atoms with E-state index in [0.29, 0.717) is 27.2 Å². The van der Waals surface area contributed by atoms with Gasteiger partial charge in [-0.15, -0.1) is 0 Å². The van der Waals surface area contributed by atoms with Crippen molar-refractivity contribution >= 4 is 46.4 Å². The van der Waals surface area contributed by atoms with Crippen molar-refractivity contribution in [2.24, 2.45) is 5.11 Å². The van der Waals surface area contributed by atoms with Crippen LogP contribution >= 0.6 is 11.6 Å². The summed E-state index contributed by atoms with van der Waals surface area (Å²) in [6, 6.07) is 28.1. The van der Waals surface area contributed by atoms with Crippen LogP contribution in [0.1, 0.15) is 37.3 Å². The van der Waals surface area contributed by atoms with E-state index in [0.717, 1.165) is 0 Å². The van der Waals surface area contributed by atoms with Gasteiger partial charge in [-0.05, 0) is 59.2 Å². The molecule has 258 valence electrons. The minimum absolute atomic E-state index is 0.00535. The van der Waals surface area contributed by atoms with Crippen LogP contribution in [0.3, 0.4) is 0 Å². The number of fused-ring (bicyclic) bond motifs is 1. The number of pyridine rings is 1. The van der Waals surface area contributed by atoms with Gasteiger partial charge in [0.2, 0.25) is 0 Å². The lowest BCUT2D eigenvalue weighted by molar-refractivity contribution is -0.0604. The Balaban J connectivity index is 1.35. The van der Waals surface area contributed by atoms with E-state index < -0.39 is 42.4 Å². The fourth-order valence-corrected chi connectivity index (χ4v) is 5.90. The lowest BCUT2D eigenvalue weighted by atomic mass is 10.1. The molecule has 7 rings (SSSR count). The molecule has 0 aliphatic carbocycles. The first-order valence-electron chi connectivity index (χ1n) is 15.8. The number of rotatable bonds is 10. The van der Waals surface area contributed by atoms with Crippen LogP contribution in [0.5, 0.6) is 0 Å². The van der Waals surface area contributed by atoms with E-state index in [1.165, 1.54) is 12.5 Å². The first-order chi connectivity index (χ1) is 25.4. The van der Waals surface area contributed by atoms with Gasteiger partial charge >= 0.3 is 17.9 Å². The highest BCUT2D eigenvalue weighted by Crippen LogP contribution is 2.41. The lowest BCUT2D eigenvalue weighted by Gasteiger charge is -2.25. The third kappa shape index (κ3) is 7.02. The Bertz CT molecular complexity index is 2280. The Morgan fingerprint density at radius 3 is 1.96 bits per heavy atom. The average Bonchev–Trinajstić information content (AvgIpc) is 3.73. The normalized spacial score (nSPS) is 17.9. The molecular weight excluding hydrogens is 690 g/mol. The minimum atomic E-state index is -1.33. The molecule has 0 saturated carbocycles. The summed E-state index contributed by atoms with van der Waals surface area (Å²) in [6.07, 6.45) is -0.750. The highest BCUT2D eigenvalue weighted by molar-refractivity contribution is 6.30. The van der Waals surface area contributed by atoms with Crippen molar-refractivity contribution < 1.29 is 33.3 Å². The summed E-state index contributed by atoms with van der Waals surface area (Å²) in [4.78, 5) is 56.3. The maximum Gasteiger partial charge on any atom is 0.338 e. The van der Waals surface area contributed by atoms with Crippen LogP contribution in [0.2, 0.25) is 5.02 Å². The number of hydrogen-bond acceptors (Lipinski definition) is 11. The van der Waals surface area contributed by atoms with E-state index in [4.69, 9.17) is 30.5 Å². The summed E-state index contributed by atoms with van der Waals surface area (Å²) in [5.74, 6) is -2.11.